The lowest BCUT2D eigenvalue weighted by Crippen LogP contribution is -1.99. The maximum atomic E-state index is 5.82. The van der Waals surface area contributed by atoms with Crippen molar-refractivity contribution in [3.8, 4) is 11.5 Å². The Labute approximate surface area is 128 Å². The molecule has 4 heteroatoms. The van der Waals surface area contributed by atoms with E-state index in [0.29, 0.717) is 0 Å². The molecule has 1 N–H and O–H groups in total. The van der Waals surface area contributed by atoms with Crippen LogP contribution in [-0.2, 0) is 6.54 Å². The molecular formula is C17H16N2OS. The second kappa shape index (κ2) is 6.41. The zero-order valence-electron chi connectivity index (χ0n) is 11.7. The molecule has 3 nitrogen and oxygen atoms in total. The number of thiazole rings is 1. The number of benzene rings is 2. The van der Waals surface area contributed by atoms with Crippen LogP contribution >= 0.6 is 11.3 Å². The van der Waals surface area contributed by atoms with Crippen molar-refractivity contribution in [3.63, 3.8) is 0 Å². The van der Waals surface area contributed by atoms with Gasteiger partial charge >= 0.3 is 0 Å². The molecule has 0 saturated carbocycles. The molecule has 0 bridgehead atoms. The number of nitrogens with one attached hydrogen (secondary N) is 1. The van der Waals surface area contributed by atoms with Crippen LogP contribution in [0, 0.1) is 6.92 Å². The Morgan fingerprint density at radius 2 is 1.86 bits per heavy atom. The van der Waals surface area contributed by atoms with E-state index in [1.54, 1.807) is 11.3 Å². The van der Waals surface area contributed by atoms with Gasteiger partial charge < -0.3 is 10.1 Å². The van der Waals surface area contributed by atoms with E-state index in [4.69, 9.17) is 4.74 Å². The molecule has 0 unspecified atom stereocenters. The summed E-state index contributed by atoms with van der Waals surface area (Å²) in [7, 11) is 0. The molecular weight excluding hydrogens is 280 g/mol. The van der Waals surface area contributed by atoms with E-state index < -0.39 is 0 Å². The molecule has 0 radical (unpaired) electrons. The van der Waals surface area contributed by atoms with Crippen molar-refractivity contribution in [1.82, 2.24) is 4.98 Å². The number of hydrogen-bond acceptors (Lipinski definition) is 4. The van der Waals surface area contributed by atoms with E-state index in [0.717, 1.165) is 34.4 Å². The molecule has 0 aliphatic rings. The normalized spacial score (nSPS) is 10.3. The van der Waals surface area contributed by atoms with Crippen LogP contribution in [0.4, 0.5) is 5.69 Å². The largest absolute Gasteiger partial charge is 0.457 e. The van der Waals surface area contributed by atoms with Crippen molar-refractivity contribution in [1.29, 1.82) is 0 Å². The van der Waals surface area contributed by atoms with Crippen LogP contribution in [-0.4, -0.2) is 4.98 Å². The summed E-state index contributed by atoms with van der Waals surface area (Å²) in [6.45, 7) is 2.74. The first-order valence-electron chi connectivity index (χ1n) is 6.77. The number of rotatable bonds is 5. The van der Waals surface area contributed by atoms with Crippen molar-refractivity contribution in [3.05, 3.63) is 70.7 Å². The predicted molar refractivity (Wildman–Crippen MR) is 87.1 cm³/mol. The van der Waals surface area contributed by atoms with E-state index in [1.165, 1.54) is 0 Å². The van der Waals surface area contributed by atoms with Crippen molar-refractivity contribution < 1.29 is 4.74 Å². The zero-order valence-corrected chi connectivity index (χ0v) is 12.6. The lowest BCUT2D eigenvalue weighted by Gasteiger charge is -2.09. The Morgan fingerprint density at radius 1 is 1.05 bits per heavy atom. The van der Waals surface area contributed by atoms with Gasteiger partial charge in [-0.2, -0.15) is 0 Å². The molecule has 1 heterocycles. The highest BCUT2D eigenvalue weighted by molar-refractivity contribution is 7.09. The summed E-state index contributed by atoms with van der Waals surface area (Å²) in [5.74, 6) is 1.66. The minimum absolute atomic E-state index is 0.721. The standard InChI is InChI=1S/C17H16N2OS/c1-13-19-15(12-21-13)11-18-14-6-5-9-17(10-14)20-16-7-3-2-4-8-16/h2-10,12,18H,11H2,1H3. The van der Waals surface area contributed by atoms with Crippen molar-refractivity contribution in [2.75, 3.05) is 5.32 Å². The molecule has 3 aromatic rings. The number of anilines is 1. The van der Waals surface area contributed by atoms with Crippen LogP contribution in [0.1, 0.15) is 10.7 Å². The number of para-hydroxylation sites is 1. The Bertz CT molecular complexity index is 710. The number of ether oxygens (including phenoxy) is 1. The molecule has 0 aliphatic heterocycles. The summed E-state index contributed by atoms with van der Waals surface area (Å²) in [6, 6.07) is 17.7. The number of aromatic nitrogens is 1. The van der Waals surface area contributed by atoms with Crippen LogP contribution in [0.2, 0.25) is 0 Å². The maximum Gasteiger partial charge on any atom is 0.129 e. The van der Waals surface area contributed by atoms with E-state index in [2.05, 4.69) is 15.7 Å². The fourth-order valence-electron chi connectivity index (χ4n) is 1.98. The zero-order chi connectivity index (χ0) is 14.5. The Hall–Kier alpha value is -2.33. The Morgan fingerprint density at radius 3 is 2.62 bits per heavy atom. The molecule has 0 spiro atoms. The quantitative estimate of drug-likeness (QED) is 0.730. The topological polar surface area (TPSA) is 34.2 Å². The van der Waals surface area contributed by atoms with Crippen molar-refractivity contribution in [2.45, 2.75) is 13.5 Å². The van der Waals surface area contributed by atoms with Gasteiger partial charge in [0, 0.05) is 17.1 Å². The molecule has 21 heavy (non-hydrogen) atoms. The summed E-state index contributed by atoms with van der Waals surface area (Å²) >= 11 is 1.67. The first-order valence-corrected chi connectivity index (χ1v) is 7.65. The summed E-state index contributed by atoms with van der Waals surface area (Å²) in [6.07, 6.45) is 0. The van der Waals surface area contributed by atoms with Gasteiger partial charge in [-0.3, -0.25) is 0 Å². The molecule has 2 aromatic carbocycles. The number of aryl methyl sites for hydroxylation is 1. The molecule has 106 valence electrons. The lowest BCUT2D eigenvalue weighted by molar-refractivity contribution is 0.483. The van der Waals surface area contributed by atoms with Crippen LogP contribution in [0.5, 0.6) is 11.5 Å². The Balaban J connectivity index is 1.65. The molecule has 3 rings (SSSR count). The molecule has 0 amide bonds. The molecule has 0 saturated heterocycles. The second-order valence-corrected chi connectivity index (χ2v) is 5.72. The van der Waals surface area contributed by atoms with E-state index in [9.17, 15) is 0 Å². The third-order valence-electron chi connectivity index (χ3n) is 2.95. The summed E-state index contributed by atoms with van der Waals surface area (Å²) in [5, 5.41) is 6.53. The van der Waals surface area contributed by atoms with Crippen molar-refractivity contribution >= 4 is 17.0 Å². The second-order valence-electron chi connectivity index (χ2n) is 4.65. The number of nitrogens with zero attached hydrogens (tertiary/aromatic N) is 1. The first kappa shape index (κ1) is 13.6. The third-order valence-corrected chi connectivity index (χ3v) is 3.78. The van der Waals surface area contributed by atoms with Gasteiger partial charge in [0.25, 0.3) is 0 Å². The van der Waals surface area contributed by atoms with Gasteiger partial charge in [-0.1, -0.05) is 24.3 Å². The lowest BCUT2D eigenvalue weighted by atomic mass is 10.3. The fourth-order valence-corrected chi connectivity index (χ4v) is 2.59. The minimum atomic E-state index is 0.721. The highest BCUT2D eigenvalue weighted by atomic mass is 32.1. The van der Waals surface area contributed by atoms with Crippen molar-refractivity contribution in [2.24, 2.45) is 0 Å². The van der Waals surface area contributed by atoms with Crippen LogP contribution < -0.4 is 10.1 Å². The molecule has 1 aromatic heterocycles. The van der Waals surface area contributed by atoms with Crippen LogP contribution in [0.3, 0.4) is 0 Å². The van der Waals surface area contributed by atoms with Crippen LogP contribution in [0.15, 0.2) is 60.0 Å². The van der Waals surface area contributed by atoms with Gasteiger partial charge in [0.05, 0.1) is 17.2 Å². The van der Waals surface area contributed by atoms with Gasteiger partial charge in [-0.25, -0.2) is 4.98 Å². The maximum absolute atomic E-state index is 5.82. The van der Waals surface area contributed by atoms with E-state index in [-0.39, 0.29) is 0 Å². The van der Waals surface area contributed by atoms with Gasteiger partial charge in [-0.15, -0.1) is 11.3 Å². The predicted octanol–water partition coefficient (Wildman–Crippen LogP) is 4.86. The fraction of sp³-hybridized carbons (Fsp3) is 0.118. The Kier molecular flexibility index (Phi) is 4.17. The SMILES string of the molecule is Cc1nc(CNc2cccc(Oc3ccccc3)c2)cs1. The summed E-state index contributed by atoms with van der Waals surface area (Å²) in [5.41, 5.74) is 2.08. The molecule has 0 fully saturated rings. The smallest absolute Gasteiger partial charge is 0.129 e. The van der Waals surface area contributed by atoms with Crippen LogP contribution in [0.25, 0.3) is 0 Å². The third kappa shape index (κ3) is 3.83. The minimum Gasteiger partial charge on any atom is -0.457 e. The average molecular weight is 296 g/mol. The first-order chi connectivity index (χ1) is 10.3. The average Bonchev–Trinajstić information content (AvgIpc) is 2.92. The van der Waals surface area contributed by atoms with Gasteiger partial charge in [0.15, 0.2) is 0 Å². The van der Waals surface area contributed by atoms with Gasteiger partial charge in [0.1, 0.15) is 11.5 Å². The summed E-state index contributed by atoms with van der Waals surface area (Å²) in [4.78, 5) is 4.44. The van der Waals surface area contributed by atoms with Gasteiger partial charge in [0.2, 0.25) is 0 Å². The van der Waals surface area contributed by atoms with Gasteiger partial charge in [-0.05, 0) is 31.2 Å². The highest BCUT2D eigenvalue weighted by Crippen LogP contribution is 2.24. The summed E-state index contributed by atoms with van der Waals surface area (Å²) < 4.78 is 5.82. The van der Waals surface area contributed by atoms with E-state index >= 15 is 0 Å². The molecule has 0 atom stereocenters. The molecule has 0 aliphatic carbocycles. The van der Waals surface area contributed by atoms with E-state index in [1.807, 2.05) is 61.5 Å². The highest BCUT2D eigenvalue weighted by Gasteiger charge is 2.01. The monoisotopic (exact) mass is 296 g/mol. The number of hydrogen-bond donors (Lipinski definition) is 1.